The Morgan fingerprint density at radius 3 is 1.96 bits per heavy atom. The number of unbranched alkanes of at least 4 members (excludes halogenated alkanes) is 2. The monoisotopic (exact) mass is 406 g/mol. The molecule has 0 aliphatic carbocycles. The summed E-state index contributed by atoms with van der Waals surface area (Å²) >= 11 is 1.04. The Bertz CT molecular complexity index is 475. The Labute approximate surface area is 152 Å². The molecule has 2 N–H and O–H groups in total. The first-order valence-corrected chi connectivity index (χ1v) is 11.6. The van der Waals surface area contributed by atoms with E-state index in [2.05, 4.69) is 9.37 Å². The van der Waals surface area contributed by atoms with Crippen LogP contribution in [-0.2, 0) is 30.3 Å². The number of hydrogen-bond acceptors (Lipinski definition) is 7. The van der Waals surface area contributed by atoms with E-state index in [9.17, 15) is 12.6 Å². The highest BCUT2D eigenvalue weighted by molar-refractivity contribution is 7.95. The molecule has 10 heteroatoms. The summed E-state index contributed by atoms with van der Waals surface area (Å²) < 4.78 is 46.4. The molecule has 0 amide bonds. The molecule has 1 atom stereocenters. The zero-order chi connectivity index (χ0) is 18.9. The molecule has 0 saturated heterocycles. The molecular weight excluding hydrogens is 376 g/mol. The first-order chi connectivity index (χ1) is 10.9. The topological polar surface area (TPSA) is 110 Å². The lowest BCUT2D eigenvalue weighted by molar-refractivity contribution is -0.432. The van der Waals surface area contributed by atoms with Gasteiger partial charge in [-0.15, -0.1) is 4.33 Å². The van der Waals surface area contributed by atoms with E-state index in [1.54, 1.807) is 0 Å². The van der Waals surface area contributed by atoms with Gasteiger partial charge in [-0.2, -0.15) is 8.42 Å². The fraction of sp³-hybridized carbons (Fsp3) is 1.00. The lowest BCUT2D eigenvalue weighted by Crippen LogP contribution is -2.31. The summed E-state index contributed by atoms with van der Waals surface area (Å²) in [6.45, 7) is 6.91. The van der Waals surface area contributed by atoms with Crippen molar-refractivity contribution >= 4 is 33.0 Å². The Kier molecular flexibility index (Phi) is 11.2. The second-order valence-corrected chi connectivity index (χ2v) is 12.1. The molecule has 0 aromatic heterocycles. The Balaban J connectivity index is 3.82. The normalized spacial score (nSPS) is 14.8. The first-order valence-electron chi connectivity index (χ1n) is 7.89. The summed E-state index contributed by atoms with van der Waals surface area (Å²) in [5, 5.41) is 11.7. The molecule has 24 heavy (non-hydrogen) atoms. The number of hydrogen-bond donors (Lipinski definition) is 2. The fourth-order valence-corrected chi connectivity index (χ4v) is 4.11. The molecule has 0 heterocycles. The summed E-state index contributed by atoms with van der Waals surface area (Å²) in [6.07, 6.45) is 4.18. The molecule has 0 aromatic carbocycles. The van der Waals surface area contributed by atoms with Crippen LogP contribution >= 0.6 is 12.0 Å². The predicted octanol–water partition coefficient (Wildman–Crippen LogP) is 3.59. The molecule has 146 valence electrons. The largest absolute Gasteiger partial charge is 0.285 e. The Hall–Kier alpha value is 0.290. The zero-order valence-corrected chi connectivity index (χ0v) is 17.3. The molecule has 0 rings (SSSR count). The van der Waals surface area contributed by atoms with E-state index in [1.807, 2.05) is 13.8 Å². The molecule has 0 saturated carbocycles. The summed E-state index contributed by atoms with van der Waals surface area (Å²) in [7, 11) is -4.97. The van der Waals surface area contributed by atoms with Crippen LogP contribution in [0.5, 0.6) is 0 Å². The molecule has 0 fully saturated rings. The van der Waals surface area contributed by atoms with E-state index >= 15 is 0 Å². The quantitative estimate of drug-likeness (QED) is 0.148. The summed E-state index contributed by atoms with van der Waals surface area (Å²) in [6, 6.07) is 0. The summed E-state index contributed by atoms with van der Waals surface area (Å²) in [4.78, 5) is 0. The predicted molar refractivity (Wildman–Crippen MR) is 97.7 cm³/mol. The van der Waals surface area contributed by atoms with Gasteiger partial charge in [0.2, 0.25) is 0 Å². The van der Waals surface area contributed by atoms with Crippen LogP contribution in [0.1, 0.15) is 66.2 Å². The van der Waals surface area contributed by atoms with E-state index in [-0.39, 0.29) is 4.75 Å². The maximum atomic E-state index is 11.9. The lowest BCUT2D eigenvalue weighted by Gasteiger charge is -2.21. The van der Waals surface area contributed by atoms with Gasteiger partial charge in [0.25, 0.3) is 10.1 Å². The van der Waals surface area contributed by atoms with Crippen LogP contribution in [0, 0.1) is 0 Å². The molecule has 1 unspecified atom stereocenters. The highest BCUT2D eigenvalue weighted by Gasteiger charge is 2.31. The molecule has 0 spiro atoms. The van der Waals surface area contributed by atoms with Crippen molar-refractivity contribution < 1.29 is 31.8 Å². The van der Waals surface area contributed by atoms with Crippen LogP contribution < -0.4 is 0 Å². The van der Waals surface area contributed by atoms with E-state index < -0.39 is 25.7 Å². The van der Waals surface area contributed by atoms with Crippen molar-refractivity contribution in [1.82, 2.24) is 0 Å². The Morgan fingerprint density at radius 2 is 1.50 bits per heavy atom. The highest BCUT2D eigenvalue weighted by atomic mass is 32.2. The zero-order valence-electron chi connectivity index (χ0n) is 14.8. The average molecular weight is 407 g/mol. The van der Waals surface area contributed by atoms with Crippen LogP contribution in [0.2, 0.25) is 0 Å². The van der Waals surface area contributed by atoms with Gasteiger partial charge in [-0.3, -0.25) is 8.76 Å². The maximum Gasteiger partial charge on any atom is 0.270 e. The molecule has 0 radical (unpaired) electrons. The summed E-state index contributed by atoms with van der Waals surface area (Å²) in [5.41, 5.74) is 0. The van der Waals surface area contributed by atoms with Crippen molar-refractivity contribution in [2.45, 2.75) is 75.7 Å². The van der Waals surface area contributed by atoms with E-state index in [4.69, 9.17) is 9.81 Å². The third-order valence-electron chi connectivity index (χ3n) is 3.79. The fourth-order valence-electron chi connectivity index (χ4n) is 2.01. The van der Waals surface area contributed by atoms with Gasteiger partial charge in [0.1, 0.15) is 0 Å². The molecule has 0 aliphatic heterocycles. The first kappa shape index (κ1) is 24.3. The van der Waals surface area contributed by atoms with Crippen LogP contribution in [0.25, 0.3) is 0 Å². The van der Waals surface area contributed by atoms with Gasteiger partial charge in [-0.1, -0.05) is 17.9 Å². The minimum absolute atomic E-state index is 0.203. The summed E-state index contributed by atoms with van der Waals surface area (Å²) in [5.74, 6) is 1.15. The van der Waals surface area contributed by atoms with E-state index in [1.165, 1.54) is 13.8 Å². The van der Waals surface area contributed by atoms with Gasteiger partial charge < -0.3 is 0 Å². The van der Waals surface area contributed by atoms with Gasteiger partial charge in [0.15, 0.2) is 0 Å². The second-order valence-electron chi connectivity index (χ2n) is 6.98. The third-order valence-corrected chi connectivity index (χ3v) is 7.66. The van der Waals surface area contributed by atoms with Crippen LogP contribution in [-0.4, -0.2) is 43.4 Å². The van der Waals surface area contributed by atoms with Gasteiger partial charge in [-0.05, 0) is 53.4 Å². The van der Waals surface area contributed by atoms with Crippen molar-refractivity contribution in [2.75, 3.05) is 11.5 Å². The van der Waals surface area contributed by atoms with Crippen molar-refractivity contribution in [3.63, 3.8) is 0 Å². The molecule has 0 aliphatic rings. The van der Waals surface area contributed by atoms with Crippen molar-refractivity contribution in [1.29, 1.82) is 0 Å². The van der Waals surface area contributed by atoms with Gasteiger partial charge >= 0.3 is 0 Å². The minimum atomic E-state index is -4.05. The smallest absolute Gasteiger partial charge is 0.270 e. The molecule has 0 bridgehead atoms. The van der Waals surface area contributed by atoms with Gasteiger partial charge in [-0.25, -0.2) is 5.26 Å². The van der Waals surface area contributed by atoms with Crippen molar-refractivity contribution in [3.05, 3.63) is 0 Å². The van der Waals surface area contributed by atoms with Crippen LogP contribution in [0.15, 0.2) is 0 Å². The SMILES string of the molecule is CC(C)(CCCCS(=O)CCCCC(C)(C)S(=O)(=O)O)SOOO. The van der Waals surface area contributed by atoms with Crippen molar-refractivity contribution in [2.24, 2.45) is 0 Å². The average Bonchev–Trinajstić information content (AvgIpc) is 2.45. The van der Waals surface area contributed by atoms with E-state index in [0.29, 0.717) is 30.8 Å². The molecule has 0 aromatic rings. The minimum Gasteiger partial charge on any atom is -0.285 e. The molecular formula is C14H30O7S3. The number of rotatable bonds is 14. The lowest BCUT2D eigenvalue weighted by atomic mass is 10.1. The maximum absolute atomic E-state index is 11.9. The van der Waals surface area contributed by atoms with Gasteiger partial charge in [0.05, 0.1) is 4.75 Å². The Morgan fingerprint density at radius 1 is 1.00 bits per heavy atom. The third kappa shape index (κ3) is 11.0. The second kappa shape index (κ2) is 11.1. The van der Waals surface area contributed by atoms with Crippen molar-refractivity contribution in [3.8, 4) is 0 Å². The molecule has 7 nitrogen and oxygen atoms in total. The standard InChI is InChI=1S/C14H30O7S3/c1-13(2,22-21-20-15)9-5-7-11-23(16)12-8-6-10-14(3,4)24(17,18)19/h15H,5-12H2,1-4H3,(H,17,18,19). The van der Waals surface area contributed by atoms with Crippen LogP contribution in [0.3, 0.4) is 0 Å². The highest BCUT2D eigenvalue weighted by Crippen LogP contribution is 2.30. The van der Waals surface area contributed by atoms with E-state index in [0.717, 1.165) is 31.3 Å². The van der Waals surface area contributed by atoms with Crippen LogP contribution in [0.4, 0.5) is 0 Å². The van der Waals surface area contributed by atoms with Gasteiger partial charge in [0, 0.05) is 39.1 Å².